The van der Waals surface area contributed by atoms with Crippen molar-refractivity contribution in [3.8, 4) is 5.88 Å². The highest BCUT2D eigenvalue weighted by atomic mass is 16.5. The fraction of sp³-hybridized carbons (Fsp3) is 0.476. The van der Waals surface area contributed by atoms with Crippen LogP contribution in [0, 0.1) is 0 Å². The lowest BCUT2D eigenvalue weighted by Gasteiger charge is -2.35. The molecule has 0 saturated carbocycles. The van der Waals surface area contributed by atoms with E-state index in [1.807, 2.05) is 6.08 Å². The molecule has 1 aromatic heterocycles. The third-order valence-electron chi connectivity index (χ3n) is 4.76. The van der Waals surface area contributed by atoms with Crippen molar-refractivity contribution in [2.24, 2.45) is 0 Å². The van der Waals surface area contributed by atoms with E-state index in [0.717, 1.165) is 62.8 Å². The zero-order valence-corrected chi connectivity index (χ0v) is 15.3. The SMILES string of the molecule is C=CCN1CCN(c2cc3ccccc3c(OCCCCC)n2)CC1. The molecule has 3 rings (SSSR count). The molecule has 25 heavy (non-hydrogen) atoms. The van der Waals surface area contributed by atoms with Crippen LogP contribution in [0.2, 0.25) is 0 Å². The summed E-state index contributed by atoms with van der Waals surface area (Å²) in [5, 5.41) is 2.31. The molecule has 2 heterocycles. The molecule has 1 saturated heterocycles. The molecule has 4 heteroatoms. The maximum absolute atomic E-state index is 6.05. The normalized spacial score (nSPS) is 15.5. The molecule has 1 aliphatic heterocycles. The van der Waals surface area contributed by atoms with Gasteiger partial charge >= 0.3 is 0 Å². The van der Waals surface area contributed by atoms with Gasteiger partial charge in [0.05, 0.1) is 6.61 Å². The Bertz CT molecular complexity index is 693. The second-order valence-corrected chi connectivity index (χ2v) is 6.64. The molecule has 0 N–H and O–H groups in total. The molecule has 1 aromatic carbocycles. The van der Waals surface area contributed by atoms with E-state index in [2.05, 4.69) is 53.6 Å². The summed E-state index contributed by atoms with van der Waals surface area (Å²) in [7, 11) is 0. The van der Waals surface area contributed by atoms with Gasteiger partial charge in [0.2, 0.25) is 5.88 Å². The molecular weight excluding hydrogens is 310 g/mol. The second-order valence-electron chi connectivity index (χ2n) is 6.64. The second kappa shape index (κ2) is 8.86. The Hall–Kier alpha value is -2.07. The minimum Gasteiger partial charge on any atom is -0.477 e. The molecule has 0 unspecified atom stereocenters. The Morgan fingerprint density at radius 3 is 2.72 bits per heavy atom. The Kier molecular flexibility index (Phi) is 6.29. The van der Waals surface area contributed by atoms with E-state index in [9.17, 15) is 0 Å². The van der Waals surface area contributed by atoms with Crippen LogP contribution in [-0.4, -0.2) is 49.2 Å². The summed E-state index contributed by atoms with van der Waals surface area (Å²) in [6.45, 7) is 11.8. The minimum absolute atomic E-state index is 0.738. The number of rotatable bonds is 8. The Labute approximate surface area is 151 Å². The van der Waals surface area contributed by atoms with Crippen molar-refractivity contribution in [2.45, 2.75) is 26.2 Å². The highest BCUT2D eigenvalue weighted by molar-refractivity contribution is 5.89. The zero-order chi connectivity index (χ0) is 17.5. The topological polar surface area (TPSA) is 28.6 Å². The van der Waals surface area contributed by atoms with Crippen LogP contribution in [0.3, 0.4) is 0 Å². The number of hydrogen-bond acceptors (Lipinski definition) is 4. The number of unbranched alkanes of at least 4 members (excludes halogenated alkanes) is 2. The lowest BCUT2D eigenvalue weighted by atomic mass is 10.1. The summed E-state index contributed by atoms with van der Waals surface area (Å²) in [4.78, 5) is 9.65. The summed E-state index contributed by atoms with van der Waals surface area (Å²) in [5.74, 6) is 1.81. The van der Waals surface area contributed by atoms with Gasteiger partial charge in [0, 0.05) is 38.1 Å². The highest BCUT2D eigenvalue weighted by Gasteiger charge is 2.18. The quantitative estimate of drug-likeness (QED) is 0.534. The summed E-state index contributed by atoms with van der Waals surface area (Å²) in [6.07, 6.45) is 5.46. The van der Waals surface area contributed by atoms with Gasteiger partial charge in [-0.15, -0.1) is 6.58 Å². The molecule has 2 aromatic rings. The number of pyridine rings is 1. The van der Waals surface area contributed by atoms with Crippen LogP contribution < -0.4 is 9.64 Å². The van der Waals surface area contributed by atoms with Crippen molar-refractivity contribution in [3.63, 3.8) is 0 Å². The van der Waals surface area contributed by atoms with Crippen LogP contribution in [0.15, 0.2) is 43.0 Å². The first kappa shape index (κ1) is 17.7. The molecule has 1 fully saturated rings. The average Bonchev–Trinajstić information content (AvgIpc) is 2.66. The van der Waals surface area contributed by atoms with Gasteiger partial charge in [-0.1, -0.05) is 44.0 Å². The van der Waals surface area contributed by atoms with E-state index < -0.39 is 0 Å². The lowest BCUT2D eigenvalue weighted by molar-refractivity contribution is 0.281. The summed E-state index contributed by atoms with van der Waals surface area (Å²) >= 11 is 0. The predicted molar refractivity (Wildman–Crippen MR) is 106 cm³/mol. The van der Waals surface area contributed by atoms with E-state index in [1.165, 1.54) is 18.2 Å². The largest absolute Gasteiger partial charge is 0.477 e. The number of aromatic nitrogens is 1. The van der Waals surface area contributed by atoms with Gasteiger partial charge in [-0.05, 0) is 23.9 Å². The molecule has 0 bridgehead atoms. The summed E-state index contributed by atoms with van der Waals surface area (Å²) < 4.78 is 6.05. The molecule has 1 aliphatic rings. The fourth-order valence-electron chi connectivity index (χ4n) is 3.29. The maximum Gasteiger partial charge on any atom is 0.223 e. The standard InChI is InChI=1S/C21H29N3O/c1-3-5-8-16-25-21-19-10-7-6-9-18(19)17-20(22-21)24-14-12-23(11-4-2)13-15-24/h4,6-7,9-10,17H,2-3,5,8,11-16H2,1H3. The van der Waals surface area contributed by atoms with Gasteiger partial charge in [-0.25, -0.2) is 0 Å². The number of ether oxygens (including phenoxy) is 1. The molecule has 134 valence electrons. The predicted octanol–water partition coefficient (Wildman–Crippen LogP) is 4.11. The van der Waals surface area contributed by atoms with Crippen LogP contribution in [-0.2, 0) is 0 Å². The zero-order valence-electron chi connectivity index (χ0n) is 15.3. The number of fused-ring (bicyclic) bond motifs is 1. The fourth-order valence-corrected chi connectivity index (χ4v) is 3.29. The molecule has 0 radical (unpaired) electrons. The molecule has 0 aliphatic carbocycles. The smallest absolute Gasteiger partial charge is 0.223 e. The van der Waals surface area contributed by atoms with Crippen LogP contribution in [0.5, 0.6) is 5.88 Å². The van der Waals surface area contributed by atoms with E-state index in [-0.39, 0.29) is 0 Å². The van der Waals surface area contributed by atoms with Gasteiger partial charge in [0.15, 0.2) is 0 Å². The number of anilines is 1. The number of piperazine rings is 1. The molecule has 0 atom stereocenters. The van der Waals surface area contributed by atoms with Gasteiger partial charge < -0.3 is 9.64 Å². The maximum atomic E-state index is 6.05. The Morgan fingerprint density at radius 1 is 1.16 bits per heavy atom. The van der Waals surface area contributed by atoms with E-state index in [4.69, 9.17) is 9.72 Å². The van der Waals surface area contributed by atoms with Gasteiger partial charge in [-0.2, -0.15) is 4.98 Å². The van der Waals surface area contributed by atoms with Crippen LogP contribution in [0.25, 0.3) is 10.8 Å². The highest BCUT2D eigenvalue weighted by Crippen LogP contribution is 2.29. The number of nitrogens with zero attached hydrogens (tertiary/aromatic N) is 3. The van der Waals surface area contributed by atoms with E-state index in [0.29, 0.717) is 0 Å². The van der Waals surface area contributed by atoms with E-state index in [1.54, 1.807) is 0 Å². The lowest BCUT2D eigenvalue weighted by Crippen LogP contribution is -2.46. The third-order valence-corrected chi connectivity index (χ3v) is 4.76. The summed E-state index contributed by atoms with van der Waals surface area (Å²) in [6, 6.07) is 10.6. The van der Waals surface area contributed by atoms with Gasteiger partial charge in [0.25, 0.3) is 0 Å². The van der Waals surface area contributed by atoms with E-state index >= 15 is 0 Å². The van der Waals surface area contributed by atoms with Crippen molar-refractivity contribution >= 4 is 16.6 Å². The van der Waals surface area contributed by atoms with Crippen LogP contribution in [0.1, 0.15) is 26.2 Å². The van der Waals surface area contributed by atoms with Crippen molar-refractivity contribution < 1.29 is 4.74 Å². The van der Waals surface area contributed by atoms with Crippen LogP contribution in [0.4, 0.5) is 5.82 Å². The third kappa shape index (κ3) is 4.51. The summed E-state index contributed by atoms with van der Waals surface area (Å²) in [5.41, 5.74) is 0. The van der Waals surface area contributed by atoms with Gasteiger partial charge in [-0.3, -0.25) is 4.90 Å². The van der Waals surface area contributed by atoms with Crippen molar-refractivity contribution in [1.82, 2.24) is 9.88 Å². The monoisotopic (exact) mass is 339 g/mol. The number of benzene rings is 1. The first-order valence-corrected chi connectivity index (χ1v) is 9.42. The minimum atomic E-state index is 0.738. The molecule has 0 amide bonds. The molecule has 4 nitrogen and oxygen atoms in total. The molecular formula is C21H29N3O. The Balaban J connectivity index is 1.77. The van der Waals surface area contributed by atoms with Crippen molar-refractivity contribution in [2.75, 3.05) is 44.2 Å². The first-order chi connectivity index (χ1) is 12.3. The van der Waals surface area contributed by atoms with Gasteiger partial charge in [0.1, 0.15) is 5.82 Å². The number of hydrogen-bond donors (Lipinski definition) is 0. The van der Waals surface area contributed by atoms with Crippen LogP contribution >= 0.6 is 0 Å². The van der Waals surface area contributed by atoms with Crippen molar-refractivity contribution in [3.05, 3.63) is 43.0 Å². The first-order valence-electron chi connectivity index (χ1n) is 9.42. The van der Waals surface area contributed by atoms with Crippen molar-refractivity contribution in [1.29, 1.82) is 0 Å². The Morgan fingerprint density at radius 2 is 1.96 bits per heavy atom. The average molecular weight is 339 g/mol. The molecule has 0 spiro atoms.